The Labute approximate surface area is 108 Å². The summed E-state index contributed by atoms with van der Waals surface area (Å²) in [6.45, 7) is 1.43. The largest absolute Gasteiger partial charge is 0.450 e. The van der Waals surface area contributed by atoms with Crippen LogP contribution in [-0.2, 0) is 14.6 Å². The van der Waals surface area contributed by atoms with Crippen LogP contribution in [-0.4, -0.2) is 38.8 Å². The Hall–Kier alpha value is -1.30. The van der Waals surface area contributed by atoms with E-state index in [-0.39, 0.29) is 6.61 Å². The highest BCUT2D eigenvalue weighted by Crippen LogP contribution is 1.97. The standard InChI is InChI=1S/C12H22N2O4/c15-9-5-6-10-18-12(17)14-8-4-2-1-3-7-13-11-16/h1-10H2,(H,13,16)(H,14,17). The number of rotatable bonds is 12. The van der Waals surface area contributed by atoms with E-state index in [1.54, 1.807) is 6.41 Å². The number of hydrogen-bond donors (Lipinski definition) is 2. The third-order valence-electron chi connectivity index (χ3n) is 2.34. The van der Waals surface area contributed by atoms with Gasteiger partial charge in [-0.2, -0.15) is 0 Å². The molecule has 0 unspecified atom stereocenters. The molecular weight excluding hydrogens is 236 g/mol. The zero-order valence-electron chi connectivity index (χ0n) is 10.7. The van der Waals surface area contributed by atoms with Crippen molar-refractivity contribution in [1.82, 2.24) is 10.6 Å². The molecule has 0 rings (SSSR count). The molecule has 0 spiro atoms. The van der Waals surface area contributed by atoms with Crippen LogP contribution < -0.4 is 10.6 Å². The molecule has 0 aromatic rings. The van der Waals surface area contributed by atoms with Crippen LogP contribution in [0.2, 0.25) is 0 Å². The van der Waals surface area contributed by atoms with Crippen molar-refractivity contribution < 1.29 is 19.4 Å². The van der Waals surface area contributed by atoms with E-state index >= 15 is 0 Å². The van der Waals surface area contributed by atoms with Crippen molar-refractivity contribution in [3.63, 3.8) is 0 Å². The van der Waals surface area contributed by atoms with E-state index in [1.165, 1.54) is 0 Å². The summed E-state index contributed by atoms with van der Waals surface area (Å²) in [6, 6.07) is 0. The zero-order chi connectivity index (χ0) is 13.5. The number of alkyl carbamates (subject to hydrolysis) is 1. The van der Waals surface area contributed by atoms with Gasteiger partial charge in [-0.15, -0.1) is 0 Å². The minimum Gasteiger partial charge on any atom is -0.450 e. The summed E-state index contributed by atoms with van der Waals surface area (Å²) < 4.78 is 4.86. The monoisotopic (exact) mass is 258 g/mol. The van der Waals surface area contributed by atoms with Crippen molar-refractivity contribution in [2.45, 2.75) is 38.5 Å². The Bertz CT molecular complexity index is 212. The maximum absolute atomic E-state index is 11.1. The molecule has 0 fully saturated rings. The van der Waals surface area contributed by atoms with Crippen molar-refractivity contribution in [3.05, 3.63) is 0 Å². The highest BCUT2D eigenvalue weighted by atomic mass is 16.5. The van der Waals surface area contributed by atoms with Gasteiger partial charge in [0.05, 0.1) is 13.2 Å². The number of ether oxygens (including phenoxy) is 1. The van der Waals surface area contributed by atoms with Gasteiger partial charge in [-0.05, 0) is 25.7 Å². The molecule has 6 nitrogen and oxygen atoms in total. The van der Waals surface area contributed by atoms with Gasteiger partial charge < -0.3 is 15.4 Å². The van der Waals surface area contributed by atoms with Crippen molar-refractivity contribution in [3.8, 4) is 0 Å². The Morgan fingerprint density at radius 1 is 1.00 bits per heavy atom. The van der Waals surface area contributed by atoms with E-state index in [4.69, 9.17) is 4.74 Å². The molecule has 0 aliphatic rings. The summed E-state index contributed by atoms with van der Waals surface area (Å²) in [6.07, 6.45) is 6.19. The molecule has 6 heteroatoms. The van der Waals surface area contributed by atoms with Gasteiger partial charge in [0.15, 0.2) is 0 Å². The van der Waals surface area contributed by atoms with E-state index < -0.39 is 6.09 Å². The fraction of sp³-hybridized carbons (Fsp3) is 0.833. The molecule has 0 heterocycles. The number of unbranched alkanes of at least 4 members (excludes halogenated alkanes) is 4. The Balaban J connectivity index is 3.12. The second-order valence-corrected chi connectivity index (χ2v) is 3.92. The first-order chi connectivity index (χ1) is 8.81. The van der Waals surface area contributed by atoms with Crippen LogP contribution in [0.1, 0.15) is 38.5 Å². The Kier molecular flexibility index (Phi) is 12.8. The topological polar surface area (TPSA) is 87.3 Å². The predicted octanol–water partition coefficient (Wildman–Crippen LogP) is 1.14. The predicted molar refractivity (Wildman–Crippen MR) is 66.3 cm³/mol. The van der Waals surface area contributed by atoms with Crippen LogP contribution in [0.15, 0.2) is 0 Å². The number of amides is 2. The van der Waals surface area contributed by atoms with Crippen LogP contribution in [0.5, 0.6) is 0 Å². The Morgan fingerprint density at radius 3 is 2.39 bits per heavy atom. The van der Waals surface area contributed by atoms with Crippen molar-refractivity contribution in [2.24, 2.45) is 0 Å². The summed E-state index contributed by atoms with van der Waals surface area (Å²) in [4.78, 5) is 20.9. The lowest BCUT2D eigenvalue weighted by Gasteiger charge is -2.06. The van der Waals surface area contributed by atoms with E-state index in [9.17, 15) is 14.7 Å². The second-order valence-electron chi connectivity index (χ2n) is 3.92. The fourth-order valence-electron chi connectivity index (χ4n) is 1.35. The van der Waals surface area contributed by atoms with E-state index in [1.807, 2.05) is 0 Å². The van der Waals surface area contributed by atoms with Gasteiger partial charge >= 0.3 is 12.5 Å². The van der Waals surface area contributed by atoms with Crippen LogP contribution in [0.25, 0.3) is 0 Å². The van der Waals surface area contributed by atoms with Crippen LogP contribution in [0.4, 0.5) is 4.79 Å². The summed E-state index contributed by atoms with van der Waals surface area (Å²) >= 11 is 0. The van der Waals surface area contributed by atoms with E-state index in [0.717, 1.165) is 25.7 Å². The van der Waals surface area contributed by atoms with Gasteiger partial charge in [0.25, 0.3) is 0 Å². The maximum Gasteiger partial charge on any atom is 0.407 e. The summed E-state index contributed by atoms with van der Waals surface area (Å²) in [5.74, 6) is 0. The molecule has 104 valence electrons. The second kappa shape index (κ2) is 13.8. The molecule has 2 radical (unpaired) electrons. The van der Waals surface area contributed by atoms with Crippen LogP contribution >= 0.6 is 0 Å². The van der Waals surface area contributed by atoms with Crippen molar-refractivity contribution in [2.75, 3.05) is 26.3 Å². The molecule has 0 bridgehead atoms. The molecule has 2 N–H and O–H groups in total. The Morgan fingerprint density at radius 2 is 1.72 bits per heavy atom. The number of hydrogen-bond acceptors (Lipinski definition) is 3. The lowest BCUT2D eigenvalue weighted by atomic mass is 10.2. The molecule has 18 heavy (non-hydrogen) atoms. The normalized spacial score (nSPS) is 9.83. The molecule has 0 aromatic carbocycles. The van der Waals surface area contributed by atoms with Crippen molar-refractivity contribution in [1.29, 1.82) is 0 Å². The first-order valence-corrected chi connectivity index (χ1v) is 6.40. The lowest BCUT2D eigenvalue weighted by molar-refractivity contribution is 0.134. The highest BCUT2D eigenvalue weighted by molar-refractivity contribution is 5.66. The average molecular weight is 258 g/mol. The smallest absolute Gasteiger partial charge is 0.407 e. The number of nitrogens with one attached hydrogen (secondary N) is 2. The molecule has 2 amide bonds. The minimum absolute atomic E-state index is 0.123. The molecular formula is C12H22N2O4. The van der Waals surface area contributed by atoms with E-state index in [2.05, 4.69) is 10.6 Å². The first kappa shape index (κ1) is 16.7. The third kappa shape index (κ3) is 12.8. The van der Waals surface area contributed by atoms with Gasteiger partial charge in [0, 0.05) is 13.1 Å². The minimum atomic E-state index is -0.418. The van der Waals surface area contributed by atoms with Gasteiger partial charge in [-0.1, -0.05) is 12.8 Å². The van der Waals surface area contributed by atoms with Crippen LogP contribution in [0, 0.1) is 0 Å². The third-order valence-corrected chi connectivity index (χ3v) is 2.34. The van der Waals surface area contributed by atoms with Gasteiger partial charge in [0.1, 0.15) is 0 Å². The van der Waals surface area contributed by atoms with E-state index in [0.29, 0.717) is 32.5 Å². The highest BCUT2D eigenvalue weighted by Gasteiger charge is 2.00. The number of carbonyl (C=O) groups is 1. The summed E-state index contributed by atoms with van der Waals surface area (Å²) in [5.41, 5.74) is 0. The average Bonchev–Trinajstić information content (AvgIpc) is 2.38. The van der Waals surface area contributed by atoms with Crippen molar-refractivity contribution >= 4 is 12.5 Å². The molecule has 0 atom stereocenters. The molecule has 0 aliphatic heterocycles. The fourth-order valence-corrected chi connectivity index (χ4v) is 1.35. The zero-order valence-corrected chi connectivity index (χ0v) is 10.7. The van der Waals surface area contributed by atoms with Gasteiger partial charge in [0.2, 0.25) is 0 Å². The summed E-state index contributed by atoms with van der Waals surface area (Å²) in [5, 5.41) is 15.2. The quantitative estimate of drug-likeness (QED) is 0.406. The number of carbonyl (C=O) groups excluding carboxylic acids is 2. The van der Waals surface area contributed by atoms with Crippen LogP contribution in [0.3, 0.4) is 0 Å². The molecule has 0 saturated heterocycles. The molecule has 0 aliphatic carbocycles. The molecule has 0 aromatic heterocycles. The SMILES string of the molecule is [O]CCCCOC(=O)NCCCCCCN[C]=O. The molecule has 0 saturated carbocycles. The van der Waals surface area contributed by atoms with Gasteiger partial charge in [-0.3, -0.25) is 4.79 Å². The first-order valence-electron chi connectivity index (χ1n) is 6.40. The summed E-state index contributed by atoms with van der Waals surface area (Å²) in [7, 11) is 0. The lowest BCUT2D eigenvalue weighted by Crippen LogP contribution is -2.25. The maximum atomic E-state index is 11.1. The van der Waals surface area contributed by atoms with Gasteiger partial charge in [-0.25, -0.2) is 9.90 Å².